The number of hydrogen-bond acceptors (Lipinski definition) is 8. The average Bonchev–Trinajstić information content (AvgIpc) is 3.03. The van der Waals surface area contributed by atoms with Crippen molar-refractivity contribution in [3.63, 3.8) is 0 Å². The molecule has 1 atom stereocenters. The topological polar surface area (TPSA) is 113 Å². The lowest BCUT2D eigenvalue weighted by Crippen LogP contribution is -2.21. The van der Waals surface area contributed by atoms with Crippen molar-refractivity contribution in [1.82, 2.24) is 0 Å². The van der Waals surface area contributed by atoms with E-state index in [1.54, 1.807) is 42.5 Å². The zero-order valence-corrected chi connectivity index (χ0v) is 25.1. The summed E-state index contributed by atoms with van der Waals surface area (Å²) in [5, 5.41) is 10.7. The lowest BCUT2D eigenvalue weighted by molar-refractivity contribution is 0.0730. The van der Waals surface area contributed by atoms with Gasteiger partial charge in [-0.05, 0) is 66.9 Å². The predicted octanol–water partition coefficient (Wildman–Crippen LogP) is 7.54. The van der Waals surface area contributed by atoms with E-state index in [2.05, 4.69) is 6.07 Å². The lowest BCUT2D eigenvalue weighted by atomic mass is 9.83. The number of nitriles is 1. The molecule has 0 amide bonds. The molecular formula is C35H31ClN2O6. The number of allylic oxidation sites excluding steroid dienone is 1. The van der Waals surface area contributed by atoms with Gasteiger partial charge in [0.2, 0.25) is 5.88 Å². The second-order valence-corrected chi connectivity index (χ2v) is 10.3. The number of esters is 1. The molecule has 0 saturated carbocycles. The van der Waals surface area contributed by atoms with Crippen LogP contribution in [0, 0.1) is 11.3 Å². The van der Waals surface area contributed by atoms with Gasteiger partial charge in [0.1, 0.15) is 41.1 Å². The third-order valence-corrected chi connectivity index (χ3v) is 7.13. The first-order valence-corrected chi connectivity index (χ1v) is 14.6. The molecule has 2 N–H and O–H groups in total. The number of benzene rings is 4. The van der Waals surface area contributed by atoms with Gasteiger partial charge in [0.25, 0.3) is 0 Å². The first kappa shape index (κ1) is 30.3. The fourth-order valence-corrected chi connectivity index (χ4v) is 4.94. The van der Waals surface area contributed by atoms with Gasteiger partial charge in [0.15, 0.2) is 11.5 Å². The number of rotatable bonds is 11. The predicted molar refractivity (Wildman–Crippen MR) is 166 cm³/mol. The number of ether oxygens (including phenoxy) is 5. The molecule has 0 spiro atoms. The van der Waals surface area contributed by atoms with Gasteiger partial charge in [-0.2, -0.15) is 5.26 Å². The summed E-state index contributed by atoms with van der Waals surface area (Å²) in [7, 11) is 0. The number of carbonyl (C=O) groups excluding carboxylic acids is 1. The molecule has 0 fully saturated rings. The molecule has 0 radical (unpaired) electrons. The fraction of sp³-hybridized carbons (Fsp3) is 0.200. The summed E-state index contributed by atoms with van der Waals surface area (Å²) in [6.07, 6.45) is 0.803. The van der Waals surface area contributed by atoms with E-state index in [0.717, 1.165) is 17.5 Å². The van der Waals surface area contributed by atoms with Crippen molar-refractivity contribution in [2.45, 2.75) is 32.8 Å². The van der Waals surface area contributed by atoms with Crippen LogP contribution in [0.5, 0.6) is 28.7 Å². The Kier molecular flexibility index (Phi) is 9.58. The summed E-state index contributed by atoms with van der Waals surface area (Å²) < 4.78 is 29.2. The first-order chi connectivity index (χ1) is 21.4. The molecule has 0 saturated heterocycles. The summed E-state index contributed by atoms with van der Waals surface area (Å²) in [5.74, 6) is 0.997. The molecule has 0 aliphatic carbocycles. The van der Waals surface area contributed by atoms with E-state index in [0.29, 0.717) is 59.0 Å². The van der Waals surface area contributed by atoms with E-state index in [1.807, 2.05) is 56.3 Å². The molecule has 0 bridgehead atoms. The fourth-order valence-electron chi connectivity index (χ4n) is 4.81. The molecule has 1 heterocycles. The molecule has 224 valence electrons. The molecule has 1 aliphatic heterocycles. The second kappa shape index (κ2) is 13.9. The van der Waals surface area contributed by atoms with E-state index in [1.165, 1.54) is 0 Å². The van der Waals surface area contributed by atoms with Crippen molar-refractivity contribution in [1.29, 1.82) is 5.26 Å². The molecule has 0 aromatic heterocycles. The highest BCUT2D eigenvalue weighted by Crippen LogP contribution is 2.45. The zero-order chi connectivity index (χ0) is 31.1. The molecule has 44 heavy (non-hydrogen) atoms. The number of nitrogens with two attached hydrogens (primary N) is 1. The van der Waals surface area contributed by atoms with Crippen molar-refractivity contribution < 1.29 is 28.5 Å². The van der Waals surface area contributed by atoms with Gasteiger partial charge in [-0.3, -0.25) is 0 Å². The number of hydrogen-bond donors (Lipinski definition) is 1. The Morgan fingerprint density at radius 1 is 0.932 bits per heavy atom. The van der Waals surface area contributed by atoms with Crippen LogP contribution in [-0.2, 0) is 6.61 Å². The van der Waals surface area contributed by atoms with Crippen LogP contribution in [0.1, 0.15) is 53.2 Å². The molecular weight excluding hydrogens is 580 g/mol. The van der Waals surface area contributed by atoms with Crippen LogP contribution >= 0.6 is 11.6 Å². The largest absolute Gasteiger partial charge is 0.493 e. The number of para-hydroxylation sites is 1. The van der Waals surface area contributed by atoms with Gasteiger partial charge in [-0.25, -0.2) is 4.79 Å². The van der Waals surface area contributed by atoms with Gasteiger partial charge >= 0.3 is 5.97 Å². The number of carbonyl (C=O) groups is 1. The van der Waals surface area contributed by atoms with Gasteiger partial charge in [0, 0.05) is 16.7 Å². The summed E-state index contributed by atoms with van der Waals surface area (Å²) in [4.78, 5) is 13.1. The molecule has 1 aliphatic rings. The van der Waals surface area contributed by atoms with Gasteiger partial charge in [-0.1, -0.05) is 54.9 Å². The van der Waals surface area contributed by atoms with Crippen LogP contribution in [-0.4, -0.2) is 19.2 Å². The normalized spacial score (nSPS) is 13.7. The summed E-state index contributed by atoms with van der Waals surface area (Å²) in [6.45, 7) is 5.09. The Labute approximate surface area is 261 Å². The minimum atomic E-state index is -0.569. The van der Waals surface area contributed by atoms with Gasteiger partial charge < -0.3 is 29.4 Å². The van der Waals surface area contributed by atoms with Gasteiger partial charge in [-0.15, -0.1) is 0 Å². The third kappa shape index (κ3) is 6.74. The second-order valence-electron chi connectivity index (χ2n) is 9.91. The Morgan fingerprint density at radius 3 is 2.48 bits per heavy atom. The standard InChI is InChI=1S/C35H31ClN2O6/c1-3-17-41-29-8-6-5-7-27(29)35(39)43-25-14-15-26-31(19-25)44-34(38)28(20-37)33(26)23-11-16-30(32(18-23)40-4-2)42-21-22-9-12-24(36)13-10-22/h5-16,18-19,33H,3-4,17,21,38H2,1-2H3. The molecule has 1 unspecified atom stereocenters. The van der Waals surface area contributed by atoms with Crippen molar-refractivity contribution >= 4 is 17.6 Å². The van der Waals surface area contributed by atoms with E-state index in [9.17, 15) is 10.1 Å². The van der Waals surface area contributed by atoms with Crippen molar-refractivity contribution in [3.8, 4) is 34.8 Å². The highest BCUT2D eigenvalue weighted by atomic mass is 35.5. The Balaban J connectivity index is 1.43. The van der Waals surface area contributed by atoms with Crippen LogP contribution in [0.2, 0.25) is 5.02 Å². The maximum absolute atomic E-state index is 13.1. The molecule has 4 aromatic carbocycles. The maximum atomic E-state index is 13.1. The Hall–Kier alpha value is -5.13. The minimum Gasteiger partial charge on any atom is -0.493 e. The Bertz CT molecular complexity index is 1730. The zero-order valence-electron chi connectivity index (χ0n) is 24.3. The maximum Gasteiger partial charge on any atom is 0.347 e. The smallest absolute Gasteiger partial charge is 0.347 e. The highest BCUT2D eigenvalue weighted by molar-refractivity contribution is 6.30. The summed E-state index contributed by atoms with van der Waals surface area (Å²) in [5.41, 5.74) is 9.18. The van der Waals surface area contributed by atoms with Crippen LogP contribution < -0.4 is 29.4 Å². The van der Waals surface area contributed by atoms with Crippen LogP contribution in [0.3, 0.4) is 0 Å². The monoisotopic (exact) mass is 610 g/mol. The molecule has 8 nitrogen and oxygen atoms in total. The quantitative estimate of drug-likeness (QED) is 0.137. The van der Waals surface area contributed by atoms with E-state index >= 15 is 0 Å². The van der Waals surface area contributed by atoms with E-state index < -0.39 is 11.9 Å². The third-order valence-electron chi connectivity index (χ3n) is 6.88. The highest BCUT2D eigenvalue weighted by Gasteiger charge is 2.32. The van der Waals surface area contributed by atoms with Crippen LogP contribution in [0.15, 0.2) is 96.4 Å². The summed E-state index contributed by atoms with van der Waals surface area (Å²) >= 11 is 6.00. The van der Waals surface area contributed by atoms with Crippen molar-refractivity contribution in [3.05, 3.63) is 124 Å². The van der Waals surface area contributed by atoms with Gasteiger partial charge in [0.05, 0.1) is 19.1 Å². The van der Waals surface area contributed by atoms with E-state index in [-0.39, 0.29) is 17.2 Å². The number of fused-ring (bicyclic) bond motifs is 1. The molecule has 9 heteroatoms. The summed E-state index contributed by atoms with van der Waals surface area (Å²) in [6, 6.07) is 27.1. The molecule has 5 rings (SSSR count). The number of nitrogens with zero attached hydrogens (tertiary/aromatic N) is 1. The average molecular weight is 611 g/mol. The lowest BCUT2D eigenvalue weighted by Gasteiger charge is -2.27. The van der Waals surface area contributed by atoms with Crippen molar-refractivity contribution in [2.24, 2.45) is 5.73 Å². The Morgan fingerprint density at radius 2 is 1.73 bits per heavy atom. The number of halogens is 1. The van der Waals surface area contributed by atoms with Crippen molar-refractivity contribution in [2.75, 3.05) is 13.2 Å². The first-order valence-electron chi connectivity index (χ1n) is 14.2. The molecule has 4 aromatic rings. The van der Waals surface area contributed by atoms with Crippen LogP contribution in [0.25, 0.3) is 0 Å². The SMILES string of the molecule is CCCOc1ccccc1C(=O)Oc1ccc2c(c1)OC(N)=C(C#N)C2c1ccc(OCc2ccc(Cl)cc2)c(OCC)c1. The van der Waals surface area contributed by atoms with E-state index in [4.69, 9.17) is 41.0 Å². The minimum absolute atomic E-state index is 0.0344. The van der Waals surface area contributed by atoms with Crippen LogP contribution in [0.4, 0.5) is 0 Å².